The summed E-state index contributed by atoms with van der Waals surface area (Å²) in [6.45, 7) is 4.86. The van der Waals surface area contributed by atoms with Crippen molar-refractivity contribution < 1.29 is 4.79 Å². The Kier molecular flexibility index (Phi) is 5.76. The van der Waals surface area contributed by atoms with Crippen LogP contribution in [0.25, 0.3) is 0 Å². The van der Waals surface area contributed by atoms with Crippen LogP contribution in [0, 0.1) is 6.92 Å². The maximum atomic E-state index is 12.1. The molecule has 0 saturated carbocycles. The molecule has 0 aliphatic heterocycles. The predicted molar refractivity (Wildman–Crippen MR) is 78.6 cm³/mol. The second kappa shape index (κ2) is 7.09. The molecule has 1 amide bonds. The van der Waals surface area contributed by atoms with E-state index in [1.165, 1.54) is 0 Å². The Morgan fingerprint density at radius 1 is 1.42 bits per heavy atom. The van der Waals surface area contributed by atoms with Crippen molar-refractivity contribution in [3.63, 3.8) is 0 Å². The van der Waals surface area contributed by atoms with Crippen molar-refractivity contribution in [2.24, 2.45) is 0 Å². The monoisotopic (exact) mass is 264 g/mol. The van der Waals surface area contributed by atoms with Gasteiger partial charge < -0.3 is 15.5 Å². The average Bonchev–Trinajstić information content (AvgIpc) is 2.35. The molecule has 0 bridgehead atoms. The van der Waals surface area contributed by atoms with Gasteiger partial charge in [-0.3, -0.25) is 4.79 Å². The van der Waals surface area contributed by atoms with Gasteiger partial charge in [0.15, 0.2) is 0 Å². The lowest BCUT2D eigenvalue weighted by atomic mass is 10.1. The first-order valence-corrected chi connectivity index (χ1v) is 6.54. The van der Waals surface area contributed by atoms with Crippen LogP contribution >= 0.6 is 0 Å². The lowest BCUT2D eigenvalue weighted by Crippen LogP contribution is -2.34. The van der Waals surface area contributed by atoms with Crippen molar-refractivity contribution in [1.29, 1.82) is 0 Å². The summed E-state index contributed by atoms with van der Waals surface area (Å²) in [6.07, 6.45) is 0.932. The van der Waals surface area contributed by atoms with Gasteiger partial charge in [0.2, 0.25) is 0 Å². The second-order valence-electron chi connectivity index (χ2n) is 5.10. The summed E-state index contributed by atoms with van der Waals surface area (Å²) in [5.41, 5.74) is 1.48. The van der Waals surface area contributed by atoms with Crippen LogP contribution in [0.4, 0.5) is 5.82 Å². The highest BCUT2D eigenvalue weighted by atomic mass is 16.1. The van der Waals surface area contributed by atoms with Gasteiger partial charge in [-0.15, -0.1) is 0 Å². The fourth-order valence-electron chi connectivity index (χ4n) is 1.76. The summed E-state index contributed by atoms with van der Waals surface area (Å²) < 4.78 is 0. The minimum Gasteiger partial charge on any atom is -0.373 e. The number of carbonyl (C=O) groups is 1. The van der Waals surface area contributed by atoms with Gasteiger partial charge in [-0.2, -0.15) is 0 Å². The number of hydrogen-bond donors (Lipinski definition) is 2. The summed E-state index contributed by atoms with van der Waals surface area (Å²) in [4.78, 5) is 18.5. The van der Waals surface area contributed by atoms with Gasteiger partial charge in [0.1, 0.15) is 5.82 Å². The van der Waals surface area contributed by atoms with Gasteiger partial charge >= 0.3 is 0 Å². The molecule has 2 N–H and O–H groups in total. The molecule has 1 rings (SSSR count). The number of nitrogens with zero attached hydrogens (tertiary/aromatic N) is 2. The summed E-state index contributed by atoms with van der Waals surface area (Å²) >= 11 is 0. The van der Waals surface area contributed by atoms with E-state index in [0.29, 0.717) is 11.4 Å². The molecule has 1 aromatic rings. The minimum atomic E-state index is -0.0479. The molecule has 5 nitrogen and oxygen atoms in total. The number of aryl methyl sites for hydroxylation is 1. The van der Waals surface area contributed by atoms with Crippen LogP contribution in [0.3, 0.4) is 0 Å². The minimum absolute atomic E-state index is 0.0479. The number of amides is 1. The van der Waals surface area contributed by atoms with Crippen LogP contribution < -0.4 is 10.6 Å². The van der Waals surface area contributed by atoms with E-state index in [1.807, 2.05) is 27.9 Å². The first-order valence-electron chi connectivity index (χ1n) is 6.54. The fraction of sp³-hybridized carbons (Fsp3) is 0.571. The van der Waals surface area contributed by atoms with E-state index >= 15 is 0 Å². The lowest BCUT2D eigenvalue weighted by molar-refractivity contribution is 0.0936. The third-order valence-electron chi connectivity index (χ3n) is 2.86. The Bertz CT molecular complexity index is 431. The predicted octanol–water partition coefficient (Wildman–Crippen LogP) is 1.50. The zero-order chi connectivity index (χ0) is 14.4. The highest BCUT2D eigenvalue weighted by Gasteiger charge is 2.11. The van der Waals surface area contributed by atoms with Gasteiger partial charge in [0.25, 0.3) is 5.91 Å². The van der Waals surface area contributed by atoms with Crippen LogP contribution in [-0.2, 0) is 0 Å². The summed E-state index contributed by atoms with van der Waals surface area (Å²) in [7, 11) is 5.85. The van der Waals surface area contributed by atoms with E-state index in [4.69, 9.17) is 0 Å². The third-order valence-corrected chi connectivity index (χ3v) is 2.86. The Morgan fingerprint density at radius 2 is 2.11 bits per heavy atom. The smallest absolute Gasteiger partial charge is 0.251 e. The molecule has 0 spiro atoms. The van der Waals surface area contributed by atoms with Crippen LogP contribution in [0.5, 0.6) is 0 Å². The van der Waals surface area contributed by atoms with Crippen molar-refractivity contribution in [2.75, 3.05) is 33.0 Å². The molecule has 0 aliphatic carbocycles. The van der Waals surface area contributed by atoms with Crippen molar-refractivity contribution in [3.8, 4) is 0 Å². The molecular formula is C14H24N4O. The molecule has 1 unspecified atom stereocenters. The van der Waals surface area contributed by atoms with Crippen molar-refractivity contribution in [1.82, 2.24) is 15.2 Å². The molecule has 5 heteroatoms. The molecule has 0 aliphatic rings. The van der Waals surface area contributed by atoms with Crippen LogP contribution in [0.2, 0.25) is 0 Å². The van der Waals surface area contributed by atoms with Crippen molar-refractivity contribution in [3.05, 3.63) is 23.4 Å². The number of rotatable bonds is 6. The van der Waals surface area contributed by atoms with E-state index in [9.17, 15) is 4.79 Å². The van der Waals surface area contributed by atoms with Crippen molar-refractivity contribution in [2.45, 2.75) is 26.3 Å². The Hall–Kier alpha value is -1.62. The highest BCUT2D eigenvalue weighted by Crippen LogP contribution is 2.10. The molecule has 1 aromatic heterocycles. The average molecular weight is 264 g/mol. The molecule has 0 radical (unpaired) electrons. The maximum Gasteiger partial charge on any atom is 0.251 e. The van der Waals surface area contributed by atoms with Crippen LogP contribution in [0.1, 0.15) is 29.4 Å². The van der Waals surface area contributed by atoms with E-state index < -0.39 is 0 Å². The molecule has 0 saturated heterocycles. The first-order chi connectivity index (χ1) is 8.92. The Labute approximate surface area is 115 Å². The normalized spacial score (nSPS) is 12.3. The molecule has 0 aromatic carbocycles. The fourth-order valence-corrected chi connectivity index (χ4v) is 1.76. The quantitative estimate of drug-likeness (QED) is 0.817. The summed E-state index contributed by atoms with van der Waals surface area (Å²) in [6, 6.07) is 3.72. The zero-order valence-corrected chi connectivity index (χ0v) is 12.4. The molecule has 19 heavy (non-hydrogen) atoms. The molecule has 1 atom stereocenters. The lowest BCUT2D eigenvalue weighted by Gasteiger charge is -2.17. The largest absolute Gasteiger partial charge is 0.373 e. The third kappa shape index (κ3) is 5.26. The van der Waals surface area contributed by atoms with Gasteiger partial charge in [-0.25, -0.2) is 4.98 Å². The van der Waals surface area contributed by atoms with Gasteiger partial charge in [0, 0.05) is 24.3 Å². The van der Waals surface area contributed by atoms with E-state index in [-0.39, 0.29) is 11.9 Å². The topological polar surface area (TPSA) is 57.3 Å². The van der Waals surface area contributed by atoms with Gasteiger partial charge in [-0.1, -0.05) is 0 Å². The number of pyridine rings is 1. The molecule has 0 fully saturated rings. The SMILES string of the molecule is CNc1cc(C(=O)NC(C)CCN(C)C)cc(C)n1. The van der Waals surface area contributed by atoms with Crippen LogP contribution in [0.15, 0.2) is 12.1 Å². The maximum absolute atomic E-state index is 12.1. The van der Waals surface area contributed by atoms with Gasteiger partial charge in [0.05, 0.1) is 0 Å². The second-order valence-corrected chi connectivity index (χ2v) is 5.10. The van der Waals surface area contributed by atoms with Crippen molar-refractivity contribution >= 4 is 11.7 Å². The van der Waals surface area contributed by atoms with Crippen LogP contribution in [-0.4, -0.2) is 49.5 Å². The standard InChI is InChI=1S/C14H24N4O/c1-10(6-7-18(4)5)17-14(19)12-8-11(2)16-13(9-12)15-3/h8-10H,6-7H2,1-5H3,(H,15,16)(H,17,19). The van der Waals surface area contributed by atoms with E-state index in [0.717, 1.165) is 18.7 Å². The van der Waals surface area contributed by atoms with E-state index in [2.05, 4.69) is 20.5 Å². The highest BCUT2D eigenvalue weighted by molar-refractivity contribution is 5.95. The zero-order valence-electron chi connectivity index (χ0n) is 12.4. The number of carbonyl (C=O) groups excluding carboxylic acids is 1. The van der Waals surface area contributed by atoms with Gasteiger partial charge in [-0.05, 0) is 53.0 Å². The molecule has 1 heterocycles. The number of anilines is 1. The summed E-state index contributed by atoms with van der Waals surface area (Å²) in [5, 5.41) is 5.97. The Morgan fingerprint density at radius 3 is 2.68 bits per heavy atom. The molecular weight excluding hydrogens is 240 g/mol. The van der Waals surface area contributed by atoms with E-state index in [1.54, 1.807) is 19.2 Å². The Balaban J connectivity index is 2.64. The molecule has 106 valence electrons. The first kappa shape index (κ1) is 15.4. The number of hydrogen-bond acceptors (Lipinski definition) is 4. The number of nitrogens with one attached hydrogen (secondary N) is 2. The number of aromatic nitrogens is 1. The summed E-state index contributed by atoms with van der Waals surface area (Å²) in [5.74, 6) is 0.666.